The normalized spacial score (nSPS) is 14.2. The number of benzene rings is 2. The predicted molar refractivity (Wildman–Crippen MR) is 117 cm³/mol. The maximum atomic E-state index is 14.9. The minimum atomic E-state index is -1.21. The van der Waals surface area contributed by atoms with Gasteiger partial charge >= 0.3 is 0 Å². The molecule has 0 unspecified atom stereocenters. The van der Waals surface area contributed by atoms with Crippen LogP contribution >= 0.6 is 0 Å². The Labute approximate surface area is 182 Å². The molecule has 1 saturated carbocycles. The zero-order valence-electron chi connectivity index (χ0n) is 18.1. The highest BCUT2D eigenvalue weighted by molar-refractivity contribution is 5.96. The third-order valence-corrected chi connectivity index (χ3v) is 5.68. The molecule has 1 N–H and O–H groups in total. The van der Waals surface area contributed by atoms with Gasteiger partial charge in [-0.15, -0.1) is 0 Å². The molecular weight excluding hydrogens is 400 g/mol. The van der Waals surface area contributed by atoms with Crippen molar-refractivity contribution in [1.29, 1.82) is 0 Å². The lowest BCUT2D eigenvalue weighted by Crippen LogP contribution is -2.31. The lowest BCUT2D eigenvalue weighted by atomic mass is 9.89. The zero-order chi connectivity index (χ0) is 22.4. The maximum Gasteiger partial charge on any atom is 0.254 e. The van der Waals surface area contributed by atoms with E-state index in [0.29, 0.717) is 23.8 Å². The second-order valence-electron chi connectivity index (χ2n) is 8.06. The fourth-order valence-electron chi connectivity index (χ4n) is 3.83. The fraction of sp³-hybridized carbons (Fsp3) is 0.400. The van der Waals surface area contributed by atoms with Crippen molar-refractivity contribution in [3.63, 3.8) is 0 Å². The first-order valence-electron chi connectivity index (χ1n) is 10.6. The van der Waals surface area contributed by atoms with Crippen LogP contribution in [0.1, 0.15) is 60.5 Å². The summed E-state index contributed by atoms with van der Waals surface area (Å²) in [6.45, 7) is 6.01. The number of carbonyl (C=O) groups is 1. The van der Waals surface area contributed by atoms with Gasteiger partial charge in [0.05, 0.1) is 12.7 Å². The minimum absolute atomic E-state index is 0.0356. The monoisotopic (exact) mass is 429 g/mol. The van der Waals surface area contributed by atoms with Crippen molar-refractivity contribution >= 4 is 11.5 Å². The molecule has 0 aromatic heterocycles. The summed E-state index contributed by atoms with van der Waals surface area (Å²) < 4.78 is 40.4. The van der Waals surface area contributed by atoms with Crippen molar-refractivity contribution in [1.82, 2.24) is 5.32 Å². The van der Waals surface area contributed by atoms with Gasteiger partial charge in [0.25, 0.3) is 5.91 Å². The van der Waals surface area contributed by atoms with Crippen LogP contribution in [0.15, 0.2) is 36.9 Å². The Balaban J connectivity index is 1.77. The van der Waals surface area contributed by atoms with Crippen LogP contribution in [0.5, 0.6) is 11.5 Å². The van der Waals surface area contributed by atoms with Crippen LogP contribution in [0.4, 0.5) is 8.78 Å². The number of amides is 1. The summed E-state index contributed by atoms with van der Waals surface area (Å²) in [6.07, 6.45) is 5.59. The molecule has 0 radical (unpaired) electrons. The van der Waals surface area contributed by atoms with Crippen LogP contribution in [-0.2, 0) is 6.61 Å². The van der Waals surface area contributed by atoms with Crippen LogP contribution in [0.25, 0.3) is 5.57 Å². The van der Waals surface area contributed by atoms with Crippen LogP contribution in [0.3, 0.4) is 0 Å². The minimum Gasteiger partial charge on any atom is -0.497 e. The molecule has 0 heterocycles. The lowest BCUT2D eigenvalue weighted by Gasteiger charge is -2.22. The van der Waals surface area contributed by atoms with E-state index in [4.69, 9.17) is 9.47 Å². The van der Waals surface area contributed by atoms with Gasteiger partial charge in [0.1, 0.15) is 12.4 Å². The molecule has 1 fully saturated rings. The van der Waals surface area contributed by atoms with Gasteiger partial charge in [-0.3, -0.25) is 4.79 Å². The van der Waals surface area contributed by atoms with E-state index in [1.165, 1.54) is 12.5 Å². The number of hydrogen-bond donors (Lipinski definition) is 1. The molecule has 1 aliphatic rings. The van der Waals surface area contributed by atoms with Gasteiger partial charge in [-0.25, -0.2) is 4.39 Å². The molecule has 0 saturated heterocycles. The summed E-state index contributed by atoms with van der Waals surface area (Å²) in [5.74, 6) is -2.19. The number of hydrogen-bond acceptors (Lipinski definition) is 3. The third-order valence-electron chi connectivity index (χ3n) is 5.68. The Hall–Kier alpha value is -2.89. The molecule has 0 atom stereocenters. The molecule has 2 aromatic carbocycles. The van der Waals surface area contributed by atoms with Crippen LogP contribution in [0, 0.1) is 17.6 Å². The number of halogens is 2. The zero-order valence-corrected chi connectivity index (χ0v) is 18.1. The van der Waals surface area contributed by atoms with Gasteiger partial charge in [0.2, 0.25) is 5.82 Å². The SMILES string of the molecule is C=C(C)c1cc(C(=O)NCC2CCCCC2)c(F)c(F)c1OCc1ccc(OC)cc1. The first kappa shape index (κ1) is 22.8. The van der Waals surface area contributed by atoms with Crippen molar-refractivity contribution in [2.24, 2.45) is 5.92 Å². The lowest BCUT2D eigenvalue weighted by molar-refractivity contribution is 0.0938. The van der Waals surface area contributed by atoms with E-state index >= 15 is 0 Å². The average molecular weight is 430 g/mol. The number of carbonyl (C=O) groups excluding carboxylic acids is 1. The van der Waals surface area contributed by atoms with E-state index in [1.807, 2.05) is 0 Å². The van der Waals surface area contributed by atoms with E-state index in [9.17, 15) is 13.6 Å². The smallest absolute Gasteiger partial charge is 0.254 e. The van der Waals surface area contributed by atoms with Gasteiger partial charge < -0.3 is 14.8 Å². The van der Waals surface area contributed by atoms with Crippen molar-refractivity contribution in [2.75, 3.05) is 13.7 Å². The van der Waals surface area contributed by atoms with E-state index in [2.05, 4.69) is 11.9 Å². The number of nitrogens with one attached hydrogen (secondary N) is 1. The molecule has 1 amide bonds. The van der Waals surface area contributed by atoms with E-state index in [0.717, 1.165) is 31.2 Å². The molecule has 166 valence electrons. The van der Waals surface area contributed by atoms with Crippen LogP contribution in [0.2, 0.25) is 0 Å². The fourth-order valence-corrected chi connectivity index (χ4v) is 3.83. The summed E-state index contributed by atoms with van der Waals surface area (Å²) in [4.78, 5) is 12.6. The third kappa shape index (κ3) is 5.63. The Morgan fingerprint density at radius 3 is 2.39 bits per heavy atom. The van der Waals surface area contributed by atoms with Crippen molar-refractivity contribution in [2.45, 2.75) is 45.6 Å². The van der Waals surface area contributed by atoms with Gasteiger partial charge in [-0.1, -0.05) is 38.0 Å². The molecule has 2 aromatic rings. The van der Waals surface area contributed by atoms with E-state index in [-0.39, 0.29) is 23.5 Å². The average Bonchev–Trinajstić information content (AvgIpc) is 2.79. The second-order valence-corrected chi connectivity index (χ2v) is 8.06. The summed E-state index contributed by atoms with van der Waals surface area (Å²) >= 11 is 0. The maximum absolute atomic E-state index is 14.9. The molecule has 1 aliphatic carbocycles. The van der Waals surface area contributed by atoms with Crippen molar-refractivity contribution in [3.8, 4) is 11.5 Å². The number of ether oxygens (including phenoxy) is 2. The summed E-state index contributed by atoms with van der Waals surface area (Å²) in [7, 11) is 1.57. The second kappa shape index (κ2) is 10.4. The van der Waals surface area contributed by atoms with Crippen LogP contribution in [-0.4, -0.2) is 19.6 Å². The molecule has 31 heavy (non-hydrogen) atoms. The number of methoxy groups -OCH3 is 1. The Morgan fingerprint density at radius 2 is 1.77 bits per heavy atom. The molecule has 6 heteroatoms. The first-order valence-corrected chi connectivity index (χ1v) is 10.6. The number of rotatable bonds is 8. The van der Waals surface area contributed by atoms with E-state index < -0.39 is 17.5 Å². The molecule has 0 spiro atoms. The topological polar surface area (TPSA) is 47.6 Å². The van der Waals surface area contributed by atoms with Crippen molar-refractivity contribution < 1.29 is 23.0 Å². The van der Waals surface area contributed by atoms with Crippen molar-refractivity contribution in [3.05, 3.63) is 65.2 Å². The summed E-state index contributed by atoms with van der Waals surface area (Å²) in [5, 5.41) is 2.76. The highest BCUT2D eigenvalue weighted by Crippen LogP contribution is 2.33. The van der Waals surface area contributed by atoms with Gasteiger partial charge in [0, 0.05) is 12.1 Å². The Kier molecular flexibility index (Phi) is 7.66. The van der Waals surface area contributed by atoms with Crippen LogP contribution < -0.4 is 14.8 Å². The molecule has 3 rings (SSSR count). The highest BCUT2D eigenvalue weighted by atomic mass is 19.2. The van der Waals surface area contributed by atoms with Gasteiger partial charge in [-0.2, -0.15) is 4.39 Å². The van der Waals surface area contributed by atoms with E-state index in [1.54, 1.807) is 38.3 Å². The quantitative estimate of drug-likeness (QED) is 0.569. The predicted octanol–water partition coefficient (Wildman–Crippen LogP) is 5.90. The largest absolute Gasteiger partial charge is 0.497 e. The molecular formula is C25H29F2NO3. The Morgan fingerprint density at radius 1 is 1.10 bits per heavy atom. The number of allylic oxidation sites excluding steroid dienone is 1. The summed E-state index contributed by atoms with van der Waals surface area (Å²) in [6, 6.07) is 8.39. The molecule has 0 bridgehead atoms. The molecule has 0 aliphatic heterocycles. The first-order chi connectivity index (χ1) is 14.9. The van der Waals surface area contributed by atoms with Gasteiger partial charge in [0.15, 0.2) is 11.6 Å². The highest BCUT2D eigenvalue weighted by Gasteiger charge is 2.25. The Bertz CT molecular complexity index is 935. The standard InChI is InChI=1S/C25H29F2NO3/c1-16(2)20-13-21(25(29)28-14-17-7-5-4-6-8-17)22(26)23(27)24(20)31-15-18-9-11-19(30-3)12-10-18/h9-13,17H,1,4-8,14-15H2,2-3H3,(H,28,29). The molecule has 4 nitrogen and oxygen atoms in total. The summed E-state index contributed by atoms with van der Waals surface area (Å²) in [5.41, 5.74) is 1.19. The van der Waals surface area contributed by atoms with Gasteiger partial charge in [-0.05, 0) is 55.0 Å².